The number of hydrogen-bond donors (Lipinski definition) is 4. The molecule has 0 saturated heterocycles. The number of hydrogen-bond acceptors (Lipinski definition) is 3. The largest absolute Gasteiger partial charge is 0.480 e. The number of benzene rings is 2. The maximum atomic E-state index is 12.4. The van der Waals surface area contributed by atoms with Crippen molar-refractivity contribution in [1.82, 2.24) is 5.32 Å². The lowest BCUT2D eigenvalue weighted by atomic mass is 9.93. The van der Waals surface area contributed by atoms with E-state index in [0.29, 0.717) is 32.0 Å². The van der Waals surface area contributed by atoms with Crippen LogP contribution in [0.2, 0.25) is 15.1 Å². The highest BCUT2D eigenvalue weighted by Gasteiger charge is 2.33. The van der Waals surface area contributed by atoms with Crippen molar-refractivity contribution >= 4 is 58.2 Å². The van der Waals surface area contributed by atoms with Crippen LogP contribution < -0.4 is 16.0 Å². The number of anilines is 2. The number of fused-ring (bicyclic) bond motifs is 1. The second-order valence-electron chi connectivity index (χ2n) is 5.75. The minimum Gasteiger partial charge on any atom is -0.480 e. The SMILES string of the molecule is O=C(Nc1ccccc1Cl)NC1CC(C(=O)O)Nc2cc(Cl)cc(Cl)c21. The molecule has 0 spiro atoms. The zero-order valence-corrected chi connectivity index (χ0v) is 15.5. The lowest BCUT2D eigenvalue weighted by molar-refractivity contribution is -0.138. The number of carboxylic acid groups (broad SMARTS) is 1. The molecular weight excluding hydrogens is 401 g/mol. The summed E-state index contributed by atoms with van der Waals surface area (Å²) in [5, 5.41) is 18.7. The molecule has 0 aromatic heterocycles. The van der Waals surface area contributed by atoms with Crippen molar-refractivity contribution in [3.8, 4) is 0 Å². The summed E-state index contributed by atoms with van der Waals surface area (Å²) in [7, 11) is 0. The topological polar surface area (TPSA) is 90.5 Å². The lowest BCUT2D eigenvalue weighted by Crippen LogP contribution is -2.42. The van der Waals surface area contributed by atoms with Gasteiger partial charge in [0.25, 0.3) is 0 Å². The maximum absolute atomic E-state index is 12.4. The molecule has 9 heteroatoms. The van der Waals surface area contributed by atoms with Crippen molar-refractivity contribution in [1.29, 1.82) is 0 Å². The number of para-hydroxylation sites is 1. The van der Waals surface area contributed by atoms with Gasteiger partial charge >= 0.3 is 12.0 Å². The number of rotatable bonds is 3. The number of carboxylic acids is 1. The van der Waals surface area contributed by atoms with Crippen LogP contribution in [0.3, 0.4) is 0 Å². The number of urea groups is 1. The number of amides is 2. The number of halogens is 3. The van der Waals surface area contributed by atoms with Gasteiger partial charge in [0, 0.05) is 27.7 Å². The van der Waals surface area contributed by atoms with Crippen LogP contribution in [-0.4, -0.2) is 23.1 Å². The molecule has 2 unspecified atom stereocenters. The van der Waals surface area contributed by atoms with Crippen LogP contribution in [0.4, 0.5) is 16.2 Å². The third-order valence-corrected chi connectivity index (χ3v) is 4.83. The van der Waals surface area contributed by atoms with E-state index >= 15 is 0 Å². The minimum absolute atomic E-state index is 0.125. The molecule has 2 aromatic carbocycles. The quantitative estimate of drug-likeness (QED) is 0.582. The van der Waals surface area contributed by atoms with Crippen LogP contribution in [-0.2, 0) is 4.79 Å². The number of carbonyl (C=O) groups is 2. The van der Waals surface area contributed by atoms with E-state index in [0.717, 1.165) is 0 Å². The van der Waals surface area contributed by atoms with Crippen LogP contribution >= 0.6 is 34.8 Å². The normalized spacial score (nSPS) is 18.4. The Labute approximate surface area is 164 Å². The lowest BCUT2D eigenvalue weighted by Gasteiger charge is -2.32. The van der Waals surface area contributed by atoms with Gasteiger partial charge in [-0.25, -0.2) is 9.59 Å². The molecule has 0 bridgehead atoms. The molecule has 0 radical (unpaired) electrons. The molecule has 2 atom stereocenters. The zero-order valence-electron chi connectivity index (χ0n) is 13.2. The van der Waals surface area contributed by atoms with Gasteiger partial charge in [0.15, 0.2) is 0 Å². The Morgan fingerprint density at radius 2 is 1.85 bits per heavy atom. The highest BCUT2D eigenvalue weighted by atomic mass is 35.5. The monoisotopic (exact) mass is 413 g/mol. The van der Waals surface area contributed by atoms with Gasteiger partial charge in [-0.15, -0.1) is 0 Å². The van der Waals surface area contributed by atoms with E-state index in [-0.39, 0.29) is 6.42 Å². The Kier molecular flexibility index (Phi) is 5.46. The average molecular weight is 415 g/mol. The smallest absolute Gasteiger partial charge is 0.326 e. The van der Waals surface area contributed by atoms with Crippen molar-refractivity contribution in [3.05, 3.63) is 57.0 Å². The Hall–Kier alpha value is -2.15. The van der Waals surface area contributed by atoms with Gasteiger partial charge in [-0.2, -0.15) is 0 Å². The van der Waals surface area contributed by atoms with Crippen molar-refractivity contribution in [3.63, 3.8) is 0 Å². The predicted octanol–water partition coefficient (Wildman–Crippen LogP) is 4.78. The fraction of sp³-hybridized carbons (Fsp3) is 0.176. The van der Waals surface area contributed by atoms with Gasteiger partial charge < -0.3 is 21.1 Å². The molecule has 3 rings (SSSR count). The summed E-state index contributed by atoms with van der Waals surface area (Å²) in [5.41, 5.74) is 1.50. The standard InChI is InChI=1S/C17H14Cl3N3O3/c18-8-5-10(20)15-12(6-8)21-14(16(24)25)7-13(15)23-17(26)22-11-4-2-1-3-9(11)19/h1-6,13-14,21H,7H2,(H,24,25)(H2,22,23,26). The molecule has 0 fully saturated rings. The van der Waals surface area contributed by atoms with E-state index < -0.39 is 24.1 Å². The Morgan fingerprint density at radius 1 is 1.12 bits per heavy atom. The Balaban J connectivity index is 1.85. The summed E-state index contributed by atoms with van der Waals surface area (Å²) < 4.78 is 0. The molecule has 2 aromatic rings. The number of nitrogens with one attached hydrogen (secondary N) is 3. The molecule has 0 aliphatic carbocycles. The number of aliphatic carboxylic acids is 1. The fourth-order valence-corrected chi connectivity index (χ4v) is 3.64. The first kappa shape index (κ1) is 18.6. The summed E-state index contributed by atoms with van der Waals surface area (Å²) in [6.45, 7) is 0. The van der Waals surface area contributed by atoms with Gasteiger partial charge in [0.2, 0.25) is 0 Å². The van der Waals surface area contributed by atoms with Crippen molar-refractivity contribution in [2.75, 3.05) is 10.6 Å². The zero-order chi connectivity index (χ0) is 18.8. The fourth-order valence-electron chi connectivity index (χ4n) is 2.83. The first-order valence-electron chi connectivity index (χ1n) is 7.65. The molecule has 6 nitrogen and oxygen atoms in total. The van der Waals surface area contributed by atoms with E-state index in [9.17, 15) is 14.7 Å². The Morgan fingerprint density at radius 3 is 2.54 bits per heavy atom. The summed E-state index contributed by atoms with van der Waals surface area (Å²) in [6, 6.07) is 7.90. The van der Waals surface area contributed by atoms with Crippen LogP contribution in [0.5, 0.6) is 0 Å². The van der Waals surface area contributed by atoms with Gasteiger partial charge in [0.05, 0.1) is 16.8 Å². The van der Waals surface area contributed by atoms with Gasteiger partial charge in [0.1, 0.15) is 6.04 Å². The van der Waals surface area contributed by atoms with Crippen LogP contribution in [0.15, 0.2) is 36.4 Å². The highest BCUT2D eigenvalue weighted by Crippen LogP contribution is 2.40. The first-order chi connectivity index (χ1) is 12.3. The van der Waals surface area contributed by atoms with E-state index in [1.54, 1.807) is 36.4 Å². The van der Waals surface area contributed by atoms with Gasteiger partial charge in [-0.3, -0.25) is 0 Å². The second-order valence-corrected chi connectivity index (χ2v) is 7.00. The molecule has 26 heavy (non-hydrogen) atoms. The molecule has 1 heterocycles. The molecule has 1 aliphatic heterocycles. The van der Waals surface area contributed by atoms with Crippen LogP contribution in [0, 0.1) is 0 Å². The molecule has 1 aliphatic rings. The molecule has 136 valence electrons. The van der Waals surface area contributed by atoms with Crippen LogP contribution in [0.25, 0.3) is 0 Å². The summed E-state index contributed by atoms with van der Waals surface area (Å²) in [6.07, 6.45) is 0.125. The summed E-state index contributed by atoms with van der Waals surface area (Å²) in [4.78, 5) is 23.8. The first-order valence-corrected chi connectivity index (χ1v) is 8.79. The van der Waals surface area contributed by atoms with Gasteiger partial charge in [-0.1, -0.05) is 46.9 Å². The van der Waals surface area contributed by atoms with Crippen molar-refractivity contribution in [2.24, 2.45) is 0 Å². The van der Waals surface area contributed by atoms with Crippen LogP contribution in [0.1, 0.15) is 18.0 Å². The highest BCUT2D eigenvalue weighted by molar-refractivity contribution is 6.36. The average Bonchev–Trinajstić information content (AvgIpc) is 2.55. The second kappa shape index (κ2) is 7.61. The van der Waals surface area contributed by atoms with Gasteiger partial charge in [-0.05, 0) is 24.3 Å². The molecule has 4 N–H and O–H groups in total. The minimum atomic E-state index is -1.04. The molecule has 0 saturated carbocycles. The number of carbonyl (C=O) groups excluding carboxylic acids is 1. The maximum Gasteiger partial charge on any atom is 0.326 e. The van der Waals surface area contributed by atoms with E-state index in [2.05, 4.69) is 16.0 Å². The third-order valence-electron chi connectivity index (χ3n) is 3.97. The van der Waals surface area contributed by atoms with Crippen molar-refractivity contribution in [2.45, 2.75) is 18.5 Å². The third kappa shape index (κ3) is 3.98. The summed E-state index contributed by atoms with van der Waals surface area (Å²) >= 11 is 18.3. The van der Waals surface area contributed by atoms with E-state index in [4.69, 9.17) is 34.8 Å². The molecule has 2 amide bonds. The summed E-state index contributed by atoms with van der Waals surface area (Å²) in [5.74, 6) is -1.04. The van der Waals surface area contributed by atoms with E-state index in [1.807, 2.05) is 0 Å². The van der Waals surface area contributed by atoms with Crippen molar-refractivity contribution < 1.29 is 14.7 Å². The van der Waals surface area contributed by atoms with E-state index in [1.165, 1.54) is 0 Å². The predicted molar refractivity (Wildman–Crippen MR) is 102 cm³/mol. The molecular formula is C17H14Cl3N3O3. The Bertz CT molecular complexity index is 876.